The zero-order valence-corrected chi connectivity index (χ0v) is 19.8. The molecule has 1 unspecified atom stereocenters. The number of imidazole rings is 1. The van der Waals surface area contributed by atoms with E-state index in [2.05, 4.69) is 9.88 Å². The lowest BCUT2D eigenvalue weighted by Crippen LogP contribution is -2.41. The van der Waals surface area contributed by atoms with Gasteiger partial charge in [0.1, 0.15) is 17.4 Å². The Hall–Kier alpha value is -3.74. The monoisotopic (exact) mass is 490 g/mol. The second-order valence-corrected chi connectivity index (χ2v) is 8.92. The molecule has 1 fully saturated rings. The van der Waals surface area contributed by atoms with E-state index in [4.69, 9.17) is 10.2 Å². The predicted molar refractivity (Wildman–Crippen MR) is 131 cm³/mol. The van der Waals surface area contributed by atoms with E-state index in [1.165, 1.54) is 0 Å². The lowest BCUT2D eigenvalue weighted by Gasteiger charge is -2.29. The van der Waals surface area contributed by atoms with Crippen molar-refractivity contribution in [3.05, 3.63) is 78.4 Å². The molecule has 1 aliphatic heterocycles. The van der Waals surface area contributed by atoms with Gasteiger partial charge in [-0.25, -0.2) is 14.9 Å². The largest absolute Gasteiger partial charge is 0.459 e. The lowest BCUT2D eigenvalue weighted by atomic mass is 10.1. The average Bonchev–Trinajstić information content (AvgIpc) is 3.07. The van der Waals surface area contributed by atoms with Gasteiger partial charge in [-0.1, -0.05) is 30.3 Å². The molecule has 4 aromatic rings. The molecule has 1 saturated heterocycles. The molecule has 5 rings (SSSR count). The number of alkyl halides is 3. The first kappa shape index (κ1) is 24.0. The fourth-order valence-electron chi connectivity index (χ4n) is 4.83. The number of hydrogen-bond acceptors (Lipinski definition) is 5. The topological polar surface area (TPSA) is 60.5 Å². The second-order valence-electron chi connectivity index (χ2n) is 8.92. The van der Waals surface area contributed by atoms with Gasteiger partial charge in [0, 0.05) is 50.2 Å². The molecule has 1 aliphatic rings. The first-order valence-corrected chi connectivity index (χ1v) is 11.8. The Balaban J connectivity index is 1.60. The van der Waals surface area contributed by atoms with E-state index in [1.54, 1.807) is 12.3 Å². The number of fused-ring (bicyclic) bond motifs is 1. The fraction of sp³-hybridized carbons (Fsp3) is 0.296. The quantitative estimate of drug-likeness (QED) is 0.353. The summed E-state index contributed by atoms with van der Waals surface area (Å²) in [4.78, 5) is 11.8. The lowest BCUT2D eigenvalue weighted by molar-refractivity contribution is -0.244. The van der Waals surface area contributed by atoms with Gasteiger partial charge in [0.25, 0.3) is 0 Å². The van der Waals surface area contributed by atoms with E-state index in [1.807, 2.05) is 72.1 Å². The molecule has 6 nitrogen and oxygen atoms in total. The molecule has 1 atom stereocenters. The van der Waals surface area contributed by atoms with E-state index in [-0.39, 0.29) is 25.7 Å². The van der Waals surface area contributed by atoms with Gasteiger partial charge in [-0.05, 0) is 48.7 Å². The minimum absolute atomic E-state index is 0.00950. The number of pyridine rings is 2. The van der Waals surface area contributed by atoms with Crippen molar-refractivity contribution < 1.29 is 13.2 Å². The van der Waals surface area contributed by atoms with Crippen LogP contribution in [0, 0.1) is 11.3 Å². The molecule has 0 amide bonds. The number of aromatic nitrogens is 3. The maximum absolute atomic E-state index is 13.3. The van der Waals surface area contributed by atoms with Gasteiger partial charge >= 0.3 is 6.30 Å². The van der Waals surface area contributed by atoms with Crippen molar-refractivity contribution in [1.82, 2.24) is 24.2 Å². The Morgan fingerprint density at radius 2 is 1.69 bits per heavy atom. The summed E-state index contributed by atoms with van der Waals surface area (Å²) in [6.45, 7) is 2.77. The molecule has 0 saturated carbocycles. The maximum atomic E-state index is 13.3. The maximum Gasteiger partial charge on any atom is 0.459 e. The average molecular weight is 491 g/mol. The number of nitrogens with zero attached hydrogens (tertiary/aromatic N) is 6. The van der Waals surface area contributed by atoms with Crippen molar-refractivity contribution in [3.8, 4) is 28.5 Å². The summed E-state index contributed by atoms with van der Waals surface area (Å²) in [5.41, 5.74) is 5.47. The highest BCUT2D eigenvalue weighted by Gasteiger charge is 2.38. The zero-order chi connectivity index (χ0) is 25.3. The minimum atomic E-state index is -4.33. The summed E-state index contributed by atoms with van der Waals surface area (Å²) in [6.07, 6.45) is -0.248. The summed E-state index contributed by atoms with van der Waals surface area (Å²) >= 11 is 0. The van der Waals surface area contributed by atoms with Crippen molar-refractivity contribution in [2.45, 2.75) is 25.7 Å². The van der Waals surface area contributed by atoms with Crippen LogP contribution >= 0.6 is 0 Å². The van der Waals surface area contributed by atoms with E-state index >= 15 is 0 Å². The predicted octanol–water partition coefficient (Wildman–Crippen LogP) is 5.52. The summed E-state index contributed by atoms with van der Waals surface area (Å²) < 4.78 is 42.1. The molecular weight excluding hydrogens is 465 g/mol. The highest BCUT2D eigenvalue weighted by Crippen LogP contribution is 2.34. The highest BCUT2D eigenvalue weighted by molar-refractivity contribution is 5.70. The van der Waals surface area contributed by atoms with Crippen LogP contribution in [0.25, 0.3) is 28.0 Å². The molecule has 0 N–H and O–H groups in total. The Morgan fingerprint density at radius 3 is 2.39 bits per heavy atom. The molecule has 184 valence electrons. The number of halogens is 3. The summed E-state index contributed by atoms with van der Waals surface area (Å²) in [7, 11) is 0. The van der Waals surface area contributed by atoms with Crippen molar-refractivity contribution in [2.75, 3.05) is 26.2 Å². The van der Waals surface area contributed by atoms with E-state index in [9.17, 15) is 13.2 Å². The summed E-state index contributed by atoms with van der Waals surface area (Å²) in [6, 6.07) is 19.2. The van der Waals surface area contributed by atoms with E-state index < -0.39 is 6.30 Å². The smallest absolute Gasteiger partial charge is 0.301 e. The molecule has 36 heavy (non-hydrogen) atoms. The van der Waals surface area contributed by atoms with Crippen molar-refractivity contribution in [3.63, 3.8) is 0 Å². The molecule has 0 aliphatic carbocycles. The Kier molecular flexibility index (Phi) is 6.48. The third-order valence-electron chi connectivity index (χ3n) is 6.75. The molecule has 4 heterocycles. The third-order valence-corrected chi connectivity index (χ3v) is 6.75. The second kappa shape index (κ2) is 9.72. The van der Waals surface area contributed by atoms with Gasteiger partial charge in [-0.15, -0.1) is 0 Å². The van der Waals surface area contributed by atoms with Gasteiger partial charge in [0.2, 0.25) is 0 Å². The van der Waals surface area contributed by atoms with Crippen LogP contribution in [0.3, 0.4) is 0 Å². The normalized spacial score (nSPS) is 16.5. The van der Waals surface area contributed by atoms with Crippen molar-refractivity contribution in [1.29, 1.82) is 5.26 Å². The number of nitriles is 1. The van der Waals surface area contributed by atoms with Crippen molar-refractivity contribution in [2.24, 2.45) is 0 Å². The van der Waals surface area contributed by atoms with Gasteiger partial charge < -0.3 is 4.40 Å². The first-order chi connectivity index (χ1) is 17.3. The minimum Gasteiger partial charge on any atom is -0.301 e. The number of benzene rings is 1. The van der Waals surface area contributed by atoms with Crippen LogP contribution in [0.1, 0.15) is 30.8 Å². The van der Waals surface area contributed by atoms with Crippen LogP contribution in [0.2, 0.25) is 0 Å². The Bertz CT molecular complexity index is 1390. The SMILES string of the molecule is CC(c1c(-c2ccc(C#N)nc2)nc2ccc(-c3ccccc3)cn12)N1CCCN(C(F)(F)F)CC1. The van der Waals surface area contributed by atoms with Crippen LogP contribution < -0.4 is 0 Å². The first-order valence-electron chi connectivity index (χ1n) is 11.8. The number of hydrogen-bond donors (Lipinski definition) is 0. The zero-order valence-electron chi connectivity index (χ0n) is 19.8. The van der Waals surface area contributed by atoms with Gasteiger partial charge in [0.15, 0.2) is 0 Å². The van der Waals surface area contributed by atoms with Gasteiger partial charge in [0.05, 0.1) is 11.4 Å². The van der Waals surface area contributed by atoms with Crippen LogP contribution in [0.15, 0.2) is 67.0 Å². The highest BCUT2D eigenvalue weighted by atomic mass is 19.4. The fourth-order valence-corrected chi connectivity index (χ4v) is 4.83. The molecule has 0 spiro atoms. The van der Waals surface area contributed by atoms with Crippen LogP contribution in [-0.4, -0.2) is 56.6 Å². The van der Waals surface area contributed by atoms with Crippen LogP contribution in [-0.2, 0) is 0 Å². The number of rotatable bonds is 4. The third kappa shape index (κ3) is 4.70. The van der Waals surface area contributed by atoms with E-state index in [0.29, 0.717) is 29.3 Å². The Morgan fingerprint density at radius 1 is 0.917 bits per heavy atom. The van der Waals surface area contributed by atoms with Crippen molar-refractivity contribution >= 4 is 5.65 Å². The van der Waals surface area contributed by atoms with Crippen LogP contribution in [0.4, 0.5) is 13.2 Å². The summed E-state index contributed by atoms with van der Waals surface area (Å²) in [5.74, 6) is 0. The standard InChI is InChI=1S/C27H25F3N6/c1-19(34-12-5-13-35(15-14-34)27(28,29)30)26-25(21-8-10-23(16-31)32-17-21)33-24-11-9-22(18-36(24)26)20-6-3-2-4-7-20/h2-4,6-11,17-19H,5,12-15H2,1H3. The van der Waals surface area contributed by atoms with Crippen LogP contribution in [0.5, 0.6) is 0 Å². The van der Waals surface area contributed by atoms with E-state index in [0.717, 1.165) is 28.0 Å². The molecule has 0 bridgehead atoms. The van der Waals surface area contributed by atoms with Gasteiger partial charge in [-0.3, -0.25) is 4.90 Å². The molecular formula is C27H25F3N6. The summed E-state index contributed by atoms with van der Waals surface area (Å²) in [5, 5.41) is 9.15. The molecule has 9 heteroatoms. The Labute approximate surface area is 207 Å². The molecule has 0 radical (unpaired) electrons. The molecule has 1 aromatic carbocycles. The van der Waals surface area contributed by atoms with Gasteiger partial charge in [-0.2, -0.15) is 18.4 Å². The molecule has 3 aromatic heterocycles.